The van der Waals surface area contributed by atoms with Gasteiger partial charge in [0.25, 0.3) is 0 Å². The molecule has 0 radical (unpaired) electrons. The zero-order valence-electron chi connectivity index (χ0n) is 7.92. The molecule has 13 heavy (non-hydrogen) atoms. The van der Waals surface area contributed by atoms with E-state index in [-0.39, 0.29) is 5.54 Å². The van der Waals surface area contributed by atoms with Crippen molar-refractivity contribution in [2.45, 2.75) is 31.2 Å². The Morgan fingerprint density at radius 1 is 1.62 bits per heavy atom. The predicted octanol–water partition coefficient (Wildman–Crippen LogP) is 1.84. The van der Waals surface area contributed by atoms with Crippen LogP contribution < -0.4 is 5.32 Å². The molecule has 0 aromatic rings. The van der Waals surface area contributed by atoms with Crippen LogP contribution in [0.3, 0.4) is 0 Å². The lowest BCUT2D eigenvalue weighted by molar-refractivity contribution is 0.284. The summed E-state index contributed by atoms with van der Waals surface area (Å²) in [7, 11) is 0. The van der Waals surface area contributed by atoms with Crippen LogP contribution in [0.2, 0.25) is 0 Å². The van der Waals surface area contributed by atoms with Crippen molar-refractivity contribution < 1.29 is 0 Å². The highest BCUT2D eigenvalue weighted by Crippen LogP contribution is 2.50. The second-order valence-corrected chi connectivity index (χ2v) is 4.33. The first kappa shape index (κ1) is 8.77. The third-order valence-corrected chi connectivity index (χ3v) is 3.61. The highest BCUT2D eigenvalue weighted by Gasteiger charge is 2.50. The molecule has 0 heterocycles. The molecular weight excluding hydrogens is 160 g/mol. The van der Waals surface area contributed by atoms with Gasteiger partial charge in [-0.2, -0.15) is 5.26 Å². The van der Waals surface area contributed by atoms with Gasteiger partial charge in [-0.3, -0.25) is 5.32 Å². The molecule has 0 saturated heterocycles. The molecule has 70 valence electrons. The maximum absolute atomic E-state index is 9.22. The van der Waals surface area contributed by atoms with Gasteiger partial charge in [-0.25, -0.2) is 0 Å². The SMILES string of the molecule is C=CCNC1(C#N)CC2CCC1C2. The number of nitrogens with one attached hydrogen (secondary N) is 1. The summed E-state index contributed by atoms with van der Waals surface area (Å²) in [6, 6.07) is 2.48. The van der Waals surface area contributed by atoms with Crippen LogP contribution in [0.25, 0.3) is 0 Å². The molecule has 0 amide bonds. The van der Waals surface area contributed by atoms with E-state index in [4.69, 9.17) is 0 Å². The Bertz CT molecular complexity index is 253. The van der Waals surface area contributed by atoms with E-state index in [0.29, 0.717) is 5.92 Å². The Labute approximate surface area is 79.6 Å². The number of fused-ring (bicyclic) bond motifs is 2. The quantitative estimate of drug-likeness (QED) is 0.666. The van der Waals surface area contributed by atoms with Gasteiger partial charge in [0.2, 0.25) is 0 Å². The molecule has 2 aliphatic rings. The van der Waals surface area contributed by atoms with Gasteiger partial charge in [-0.05, 0) is 37.5 Å². The van der Waals surface area contributed by atoms with Gasteiger partial charge in [0.05, 0.1) is 6.07 Å². The van der Waals surface area contributed by atoms with Crippen molar-refractivity contribution >= 4 is 0 Å². The Kier molecular flexibility index (Phi) is 2.13. The second-order valence-electron chi connectivity index (χ2n) is 4.33. The average molecular weight is 176 g/mol. The van der Waals surface area contributed by atoms with Crippen LogP contribution in [-0.2, 0) is 0 Å². The Morgan fingerprint density at radius 2 is 2.46 bits per heavy atom. The van der Waals surface area contributed by atoms with Gasteiger partial charge < -0.3 is 0 Å². The van der Waals surface area contributed by atoms with Gasteiger partial charge in [0, 0.05) is 6.54 Å². The van der Waals surface area contributed by atoms with E-state index in [1.54, 1.807) is 0 Å². The first-order valence-corrected chi connectivity index (χ1v) is 5.08. The number of hydrogen-bond donors (Lipinski definition) is 1. The van der Waals surface area contributed by atoms with Crippen molar-refractivity contribution in [2.75, 3.05) is 6.54 Å². The second kappa shape index (κ2) is 3.16. The summed E-state index contributed by atoms with van der Waals surface area (Å²) in [5.41, 5.74) is -0.211. The lowest BCUT2D eigenvalue weighted by Crippen LogP contribution is -2.48. The number of rotatable bonds is 3. The first-order valence-electron chi connectivity index (χ1n) is 5.08. The summed E-state index contributed by atoms with van der Waals surface area (Å²) in [4.78, 5) is 0. The van der Waals surface area contributed by atoms with Crippen molar-refractivity contribution in [1.82, 2.24) is 5.32 Å². The third-order valence-electron chi connectivity index (χ3n) is 3.61. The van der Waals surface area contributed by atoms with Gasteiger partial charge in [0.15, 0.2) is 0 Å². The number of nitriles is 1. The minimum absolute atomic E-state index is 0.211. The van der Waals surface area contributed by atoms with E-state index in [9.17, 15) is 5.26 Å². The van der Waals surface area contributed by atoms with Gasteiger partial charge >= 0.3 is 0 Å². The number of nitrogens with zero attached hydrogens (tertiary/aromatic N) is 1. The molecule has 2 fully saturated rings. The normalized spacial score (nSPS) is 41.8. The lowest BCUT2D eigenvalue weighted by atomic mass is 9.82. The van der Waals surface area contributed by atoms with Crippen LogP contribution in [0.1, 0.15) is 25.7 Å². The zero-order chi connectivity index (χ0) is 9.31. The number of hydrogen-bond acceptors (Lipinski definition) is 2. The predicted molar refractivity (Wildman–Crippen MR) is 52.0 cm³/mol. The molecule has 0 aliphatic heterocycles. The van der Waals surface area contributed by atoms with E-state index < -0.39 is 0 Å². The van der Waals surface area contributed by atoms with Crippen molar-refractivity contribution in [3.05, 3.63) is 12.7 Å². The molecule has 2 rings (SSSR count). The highest BCUT2D eigenvalue weighted by atomic mass is 15.0. The van der Waals surface area contributed by atoms with Crippen LogP contribution in [0.15, 0.2) is 12.7 Å². The summed E-state index contributed by atoms with van der Waals surface area (Å²) >= 11 is 0. The lowest BCUT2D eigenvalue weighted by Gasteiger charge is -2.31. The minimum Gasteiger partial charge on any atom is -0.296 e. The van der Waals surface area contributed by atoms with Crippen LogP contribution in [0, 0.1) is 23.2 Å². The van der Waals surface area contributed by atoms with Crippen molar-refractivity contribution in [3.63, 3.8) is 0 Å². The van der Waals surface area contributed by atoms with E-state index in [1.165, 1.54) is 19.3 Å². The molecule has 0 aromatic carbocycles. The molecule has 2 bridgehead atoms. The van der Waals surface area contributed by atoms with Crippen molar-refractivity contribution in [2.24, 2.45) is 11.8 Å². The summed E-state index contributed by atoms with van der Waals surface area (Å²) < 4.78 is 0. The average Bonchev–Trinajstić information content (AvgIpc) is 2.74. The van der Waals surface area contributed by atoms with Crippen molar-refractivity contribution in [3.8, 4) is 6.07 Å². The topological polar surface area (TPSA) is 35.8 Å². The smallest absolute Gasteiger partial charge is 0.110 e. The van der Waals surface area contributed by atoms with E-state index in [2.05, 4.69) is 18.0 Å². The highest BCUT2D eigenvalue weighted by molar-refractivity contribution is 5.18. The molecule has 3 unspecified atom stereocenters. The van der Waals surface area contributed by atoms with E-state index >= 15 is 0 Å². The zero-order valence-corrected chi connectivity index (χ0v) is 7.92. The maximum atomic E-state index is 9.22. The summed E-state index contributed by atoms with van der Waals surface area (Å²) in [5, 5.41) is 12.6. The molecule has 3 atom stereocenters. The van der Waals surface area contributed by atoms with E-state index in [0.717, 1.165) is 18.9 Å². The third kappa shape index (κ3) is 1.28. The maximum Gasteiger partial charge on any atom is 0.110 e. The fourth-order valence-corrected chi connectivity index (χ4v) is 2.98. The molecular formula is C11H16N2. The van der Waals surface area contributed by atoms with Crippen LogP contribution >= 0.6 is 0 Å². The first-order chi connectivity index (χ1) is 6.30. The van der Waals surface area contributed by atoms with Crippen molar-refractivity contribution in [1.29, 1.82) is 5.26 Å². The molecule has 2 aliphatic carbocycles. The minimum atomic E-state index is -0.211. The Morgan fingerprint density at radius 3 is 2.92 bits per heavy atom. The molecule has 0 spiro atoms. The fraction of sp³-hybridized carbons (Fsp3) is 0.727. The standard InChI is InChI=1S/C11H16N2/c1-2-5-13-11(8-12)7-9-3-4-10(11)6-9/h2,9-10,13H,1,3-7H2. The van der Waals surface area contributed by atoms with Crippen LogP contribution in [0.4, 0.5) is 0 Å². The summed E-state index contributed by atoms with van der Waals surface area (Å²) in [6.07, 6.45) is 6.73. The molecule has 2 saturated carbocycles. The Balaban J connectivity index is 2.09. The fourth-order valence-electron chi connectivity index (χ4n) is 2.98. The van der Waals surface area contributed by atoms with Crippen LogP contribution in [0.5, 0.6) is 0 Å². The van der Waals surface area contributed by atoms with Gasteiger partial charge in [0.1, 0.15) is 5.54 Å². The van der Waals surface area contributed by atoms with E-state index in [1.807, 2.05) is 6.08 Å². The summed E-state index contributed by atoms with van der Waals surface area (Å²) in [6.45, 7) is 4.44. The molecule has 2 nitrogen and oxygen atoms in total. The van der Waals surface area contributed by atoms with Crippen LogP contribution in [-0.4, -0.2) is 12.1 Å². The summed E-state index contributed by atoms with van der Waals surface area (Å²) in [5.74, 6) is 1.41. The molecule has 1 N–H and O–H groups in total. The van der Waals surface area contributed by atoms with Gasteiger partial charge in [-0.1, -0.05) is 6.08 Å². The largest absolute Gasteiger partial charge is 0.296 e. The molecule has 2 heteroatoms. The van der Waals surface area contributed by atoms with Gasteiger partial charge in [-0.15, -0.1) is 6.58 Å². The monoisotopic (exact) mass is 176 g/mol. The molecule has 0 aromatic heterocycles. The Hall–Kier alpha value is -0.810.